The summed E-state index contributed by atoms with van der Waals surface area (Å²) in [6.07, 6.45) is 1.77. The van der Waals surface area contributed by atoms with Crippen molar-refractivity contribution in [2.75, 3.05) is 33.6 Å². The highest BCUT2D eigenvalue weighted by Crippen LogP contribution is 2.27. The van der Waals surface area contributed by atoms with Gasteiger partial charge in [0.15, 0.2) is 0 Å². The summed E-state index contributed by atoms with van der Waals surface area (Å²) in [5.74, 6) is 0.726. The minimum atomic E-state index is -0.345. The minimum Gasteiger partial charge on any atom is -0.508 e. The summed E-state index contributed by atoms with van der Waals surface area (Å²) < 4.78 is 10.7. The third kappa shape index (κ3) is 5.92. The summed E-state index contributed by atoms with van der Waals surface area (Å²) >= 11 is 0. The number of phenolic OH excluding ortho intramolecular Hbond substituents is 1. The van der Waals surface area contributed by atoms with E-state index in [1.807, 2.05) is 12.1 Å². The van der Waals surface area contributed by atoms with Crippen LogP contribution in [0.1, 0.15) is 21.5 Å². The molecule has 2 N–H and O–H groups in total. The van der Waals surface area contributed by atoms with Gasteiger partial charge in [0.2, 0.25) is 0 Å². The van der Waals surface area contributed by atoms with E-state index in [1.54, 1.807) is 76.9 Å². The van der Waals surface area contributed by atoms with E-state index >= 15 is 0 Å². The molecule has 3 rings (SSSR count). The molecule has 170 valence electrons. The fourth-order valence-electron chi connectivity index (χ4n) is 3.17. The monoisotopic (exact) mass is 446 g/mol. The number of hydrogen-bond donors (Lipinski definition) is 2. The molecule has 0 radical (unpaired) electrons. The van der Waals surface area contributed by atoms with Crippen molar-refractivity contribution in [1.29, 1.82) is 0 Å². The number of hydrogen-bond acceptors (Lipinski definition) is 5. The van der Waals surface area contributed by atoms with Crippen LogP contribution in [-0.4, -0.2) is 50.1 Å². The van der Waals surface area contributed by atoms with E-state index in [0.717, 1.165) is 5.56 Å². The minimum absolute atomic E-state index is 0.0177. The smallest absolute Gasteiger partial charge is 0.255 e. The zero-order valence-electron chi connectivity index (χ0n) is 19.0. The van der Waals surface area contributed by atoms with Crippen molar-refractivity contribution in [2.45, 2.75) is 0 Å². The number of methoxy groups -OCH3 is 2. The molecule has 0 bridgehead atoms. The van der Waals surface area contributed by atoms with Crippen LogP contribution in [0.4, 0.5) is 5.69 Å². The van der Waals surface area contributed by atoms with Gasteiger partial charge in [-0.05, 0) is 59.7 Å². The molecule has 0 spiro atoms. The summed E-state index contributed by atoms with van der Waals surface area (Å²) in [5, 5.41) is 12.4. The summed E-state index contributed by atoms with van der Waals surface area (Å²) in [4.78, 5) is 26.9. The van der Waals surface area contributed by atoms with Crippen molar-refractivity contribution in [1.82, 2.24) is 4.90 Å². The standard InChI is InChI=1S/C26H26N2O5/c1-28(2)26(31)24(14-17-12-22(32-3)16-23(13-17)33-4)18-8-10-20(11-9-18)27-25(30)19-6-5-7-21(29)15-19/h5-16,29H,1-4H3,(H,27,30)/b24-14+. The molecule has 7 heteroatoms. The lowest BCUT2D eigenvalue weighted by molar-refractivity contribution is -0.122. The predicted octanol–water partition coefficient (Wildman–Crippen LogP) is 4.29. The van der Waals surface area contributed by atoms with E-state index in [2.05, 4.69) is 5.32 Å². The third-order valence-electron chi connectivity index (χ3n) is 4.88. The van der Waals surface area contributed by atoms with E-state index in [-0.39, 0.29) is 17.6 Å². The number of carbonyl (C=O) groups is 2. The van der Waals surface area contributed by atoms with Crippen LogP contribution in [-0.2, 0) is 4.79 Å². The Morgan fingerprint density at radius 1 is 0.879 bits per heavy atom. The Morgan fingerprint density at radius 2 is 1.52 bits per heavy atom. The Hall–Kier alpha value is -4.26. The maximum absolute atomic E-state index is 12.9. The highest BCUT2D eigenvalue weighted by Gasteiger charge is 2.15. The van der Waals surface area contributed by atoms with Gasteiger partial charge in [0.05, 0.1) is 14.2 Å². The van der Waals surface area contributed by atoms with Crippen molar-refractivity contribution >= 4 is 29.2 Å². The van der Waals surface area contributed by atoms with Crippen molar-refractivity contribution < 1.29 is 24.2 Å². The SMILES string of the molecule is COc1cc(/C=C(/C(=O)N(C)C)c2ccc(NC(=O)c3cccc(O)c3)cc2)cc(OC)c1. The van der Waals surface area contributed by atoms with Crippen molar-refractivity contribution in [3.63, 3.8) is 0 Å². The van der Waals surface area contributed by atoms with Gasteiger partial charge >= 0.3 is 0 Å². The molecule has 0 aliphatic carbocycles. The number of ether oxygens (including phenoxy) is 2. The highest BCUT2D eigenvalue weighted by molar-refractivity contribution is 6.24. The number of phenols is 1. The lowest BCUT2D eigenvalue weighted by Crippen LogP contribution is -2.22. The average molecular weight is 447 g/mol. The summed E-state index contributed by atoms with van der Waals surface area (Å²) in [6.45, 7) is 0. The van der Waals surface area contributed by atoms with Gasteiger partial charge in [-0.15, -0.1) is 0 Å². The first-order valence-electron chi connectivity index (χ1n) is 10.2. The van der Waals surface area contributed by atoms with Gasteiger partial charge < -0.3 is 24.8 Å². The number of amides is 2. The molecule has 7 nitrogen and oxygen atoms in total. The maximum atomic E-state index is 12.9. The molecule has 0 atom stereocenters. The lowest BCUT2D eigenvalue weighted by atomic mass is 10.0. The number of likely N-dealkylation sites (N-methyl/N-ethyl adjacent to an activating group) is 1. The summed E-state index contributed by atoms with van der Waals surface area (Å²) in [7, 11) is 6.51. The quantitative estimate of drug-likeness (QED) is 0.418. The van der Waals surface area contributed by atoms with Crippen LogP contribution < -0.4 is 14.8 Å². The molecule has 3 aromatic rings. The molecule has 0 aliphatic rings. The molecule has 0 heterocycles. The van der Waals surface area contributed by atoms with E-state index < -0.39 is 0 Å². The Labute approximate surface area is 192 Å². The van der Waals surface area contributed by atoms with Gasteiger partial charge in [-0.2, -0.15) is 0 Å². The Morgan fingerprint density at radius 3 is 2.06 bits per heavy atom. The van der Waals surface area contributed by atoms with Gasteiger partial charge in [0.25, 0.3) is 11.8 Å². The van der Waals surface area contributed by atoms with Crippen molar-refractivity contribution in [3.05, 3.63) is 83.4 Å². The molecule has 0 aromatic heterocycles. The lowest BCUT2D eigenvalue weighted by Gasteiger charge is -2.15. The zero-order chi connectivity index (χ0) is 24.0. The van der Waals surface area contributed by atoms with Gasteiger partial charge in [-0.3, -0.25) is 9.59 Å². The van der Waals surface area contributed by atoms with Crippen LogP contribution in [0.5, 0.6) is 17.2 Å². The number of nitrogens with one attached hydrogen (secondary N) is 1. The molecule has 0 unspecified atom stereocenters. The van der Waals surface area contributed by atoms with E-state index in [1.165, 1.54) is 17.0 Å². The Kier molecular flexibility index (Phi) is 7.35. The van der Waals surface area contributed by atoms with Crippen LogP contribution in [0.2, 0.25) is 0 Å². The van der Waals surface area contributed by atoms with Gasteiger partial charge in [-0.1, -0.05) is 18.2 Å². The van der Waals surface area contributed by atoms with Gasteiger partial charge in [-0.25, -0.2) is 0 Å². The fourth-order valence-corrected chi connectivity index (χ4v) is 3.17. The first kappa shape index (κ1) is 23.4. The zero-order valence-corrected chi connectivity index (χ0v) is 19.0. The van der Waals surface area contributed by atoms with Gasteiger partial charge in [0, 0.05) is 37.0 Å². The number of carbonyl (C=O) groups excluding carboxylic acids is 2. The second-order valence-electron chi connectivity index (χ2n) is 7.49. The topological polar surface area (TPSA) is 88.1 Å². The summed E-state index contributed by atoms with van der Waals surface area (Å²) in [6, 6.07) is 18.5. The molecular weight excluding hydrogens is 420 g/mol. The van der Waals surface area contributed by atoms with E-state index in [9.17, 15) is 14.7 Å². The number of nitrogens with zero attached hydrogens (tertiary/aromatic N) is 1. The molecule has 0 saturated carbocycles. The van der Waals surface area contributed by atoms with Crippen LogP contribution in [0, 0.1) is 0 Å². The predicted molar refractivity (Wildman–Crippen MR) is 129 cm³/mol. The molecule has 33 heavy (non-hydrogen) atoms. The Bertz CT molecular complexity index is 1160. The largest absolute Gasteiger partial charge is 0.508 e. The number of anilines is 1. The highest BCUT2D eigenvalue weighted by atomic mass is 16.5. The first-order chi connectivity index (χ1) is 15.8. The summed E-state index contributed by atoms with van der Waals surface area (Å²) in [5.41, 5.74) is 2.81. The van der Waals surface area contributed by atoms with Crippen LogP contribution in [0.25, 0.3) is 11.6 Å². The maximum Gasteiger partial charge on any atom is 0.255 e. The second-order valence-corrected chi connectivity index (χ2v) is 7.49. The molecule has 3 aromatic carbocycles. The van der Waals surface area contributed by atoms with E-state index in [4.69, 9.17) is 9.47 Å². The third-order valence-corrected chi connectivity index (χ3v) is 4.88. The molecule has 0 aliphatic heterocycles. The molecular formula is C26H26N2O5. The van der Waals surface area contributed by atoms with Crippen LogP contribution in [0.3, 0.4) is 0 Å². The second kappa shape index (κ2) is 10.4. The normalized spacial score (nSPS) is 11.0. The molecule has 0 fully saturated rings. The molecule has 2 amide bonds. The fraction of sp³-hybridized carbons (Fsp3) is 0.154. The van der Waals surface area contributed by atoms with Crippen molar-refractivity contribution in [2.24, 2.45) is 0 Å². The number of benzene rings is 3. The van der Waals surface area contributed by atoms with E-state index in [0.29, 0.717) is 33.9 Å². The first-order valence-corrected chi connectivity index (χ1v) is 10.2. The number of aromatic hydroxyl groups is 1. The van der Waals surface area contributed by atoms with Gasteiger partial charge in [0.1, 0.15) is 17.2 Å². The molecule has 0 saturated heterocycles. The average Bonchev–Trinajstić information content (AvgIpc) is 2.82. The van der Waals surface area contributed by atoms with Crippen molar-refractivity contribution in [3.8, 4) is 17.2 Å². The van der Waals surface area contributed by atoms with Crippen LogP contribution >= 0.6 is 0 Å². The van der Waals surface area contributed by atoms with Crippen LogP contribution in [0.15, 0.2) is 66.7 Å². The Balaban J connectivity index is 1.92. The number of rotatable bonds is 7.